The van der Waals surface area contributed by atoms with E-state index in [0.29, 0.717) is 11.6 Å². The first-order valence-corrected chi connectivity index (χ1v) is 13.1. The van der Waals surface area contributed by atoms with E-state index >= 15 is 0 Å². The summed E-state index contributed by atoms with van der Waals surface area (Å²) < 4.78 is 0. The van der Waals surface area contributed by atoms with E-state index in [2.05, 4.69) is 33.8 Å². The summed E-state index contributed by atoms with van der Waals surface area (Å²) in [7, 11) is 0. The number of Topliss-reactive ketones (excluding diaryl/α,β-unsaturated/α-hetero) is 2. The first-order valence-electron chi connectivity index (χ1n) is 13.1. The second-order valence-electron chi connectivity index (χ2n) is 12.1. The van der Waals surface area contributed by atoms with Gasteiger partial charge in [-0.2, -0.15) is 0 Å². The van der Waals surface area contributed by atoms with Gasteiger partial charge in [-0.05, 0) is 74.2 Å². The van der Waals surface area contributed by atoms with E-state index < -0.39 is 0 Å². The molecule has 2 fully saturated rings. The minimum Gasteiger partial charge on any atom is -0.396 e. The minimum absolute atomic E-state index is 0.0178. The molecule has 2 saturated carbocycles. The molecule has 3 atom stereocenters. The zero-order chi connectivity index (χ0) is 23.8. The van der Waals surface area contributed by atoms with Crippen LogP contribution >= 0.6 is 0 Å². The van der Waals surface area contributed by atoms with Gasteiger partial charge in [-0.15, -0.1) is 0 Å². The summed E-state index contributed by atoms with van der Waals surface area (Å²) in [6, 6.07) is 0. The molecule has 4 heteroatoms. The summed E-state index contributed by atoms with van der Waals surface area (Å²) in [5.74, 6) is 1.20. The van der Waals surface area contributed by atoms with Gasteiger partial charge in [-0.3, -0.25) is 9.59 Å². The lowest BCUT2D eigenvalue weighted by molar-refractivity contribution is -0.124. The highest BCUT2D eigenvalue weighted by Crippen LogP contribution is 2.36. The average molecular weight is 449 g/mol. The standard InChI is InChI=1S/C28H48O4/c1-27(2,19-29)17-7-5-9-21-11-13-23(25(21)31)15-16-24-14-12-22(26(24)32)10-6-8-18-28(3,4)20-30/h15,21-22,24,29-30H,5-14,16-20H2,1-4H3. The van der Waals surface area contributed by atoms with E-state index in [1.54, 1.807) is 0 Å². The Kier molecular flexibility index (Phi) is 10.6. The van der Waals surface area contributed by atoms with Crippen LogP contribution in [-0.2, 0) is 9.59 Å². The van der Waals surface area contributed by atoms with Gasteiger partial charge in [-0.1, -0.05) is 59.5 Å². The largest absolute Gasteiger partial charge is 0.396 e. The van der Waals surface area contributed by atoms with Crippen LogP contribution in [0.25, 0.3) is 0 Å². The highest BCUT2D eigenvalue weighted by Gasteiger charge is 2.34. The van der Waals surface area contributed by atoms with Gasteiger partial charge in [-0.25, -0.2) is 0 Å². The first-order chi connectivity index (χ1) is 15.1. The van der Waals surface area contributed by atoms with Gasteiger partial charge in [0.2, 0.25) is 0 Å². The van der Waals surface area contributed by atoms with Crippen molar-refractivity contribution in [3.63, 3.8) is 0 Å². The van der Waals surface area contributed by atoms with Crippen LogP contribution in [0.4, 0.5) is 0 Å². The van der Waals surface area contributed by atoms with Crippen LogP contribution < -0.4 is 0 Å². The van der Waals surface area contributed by atoms with Crippen LogP contribution in [-0.4, -0.2) is 35.0 Å². The number of carbonyl (C=O) groups is 2. The van der Waals surface area contributed by atoms with Crippen molar-refractivity contribution in [3.8, 4) is 0 Å². The number of aliphatic hydroxyl groups is 2. The topological polar surface area (TPSA) is 74.6 Å². The number of allylic oxidation sites excluding steroid dienone is 2. The molecule has 2 N–H and O–H groups in total. The molecule has 0 bridgehead atoms. The summed E-state index contributed by atoms with van der Waals surface area (Å²) in [4.78, 5) is 25.6. The second-order valence-corrected chi connectivity index (χ2v) is 12.1. The van der Waals surface area contributed by atoms with Gasteiger partial charge < -0.3 is 10.2 Å². The highest BCUT2D eigenvalue weighted by atomic mass is 16.3. The van der Waals surface area contributed by atoms with Gasteiger partial charge in [0.05, 0.1) is 0 Å². The minimum atomic E-state index is -0.0214. The molecule has 0 amide bonds. The Labute approximate surface area is 196 Å². The maximum Gasteiger partial charge on any atom is 0.161 e. The molecule has 0 radical (unpaired) electrons. The van der Waals surface area contributed by atoms with Crippen LogP contribution in [0.15, 0.2) is 11.6 Å². The summed E-state index contributed by atoms with van der Waals surface area (Å²) in [6.45, 7) is 8.77. The van der Waals surface area contributed by atoms with Crippen LogP contribution in [0.5, 0.6) is 0 Å². The van der Waals surface area contributed by atoms with E-state index in [-0.39, 0.29) is 41.8 Å². The molecule has 184 valence electrons. The van der Waals surface area contributed by atoms with Gasteiger partial charge >= 0.3 is 0 Å². The van der Waals surface area contributed by atoms with E-state index in [9.17, 15) is 19.8 Å². The van der Waals surface area contributed by atoms with Crippen LogP contribution in [0.2, 0.25) is 0 Å². The van der Waals surface area contributed by atoms with Crippen molar-refractivity contribution in [2.24, 2.45) is 28.6 Å². The molecule has 3 unspecified atom stereocenters. The molecule has 0 aliphatic heterocycles. The van der Waals surface area contributed by atoms with Crippen LogP contribution in [0, 0.1) is 28.6 Å². The number of hydrogen-bond donors (Lipinski definition) is 2. The Morgan fingerprint density at radius 1 is 0.781 bits per heavy atom. The molecular weight excluding hydrogens is 400 g/mol. The first kappa shape index (κ1) is 27.2. The molecule has 2 aliphatic carbocycles. The summed E-state index contributed by atoms with van der Waals surface area (Å²) >= 11 is 0. The van der Waals surface area contributed by atoms with E-state index in [1.807, 2.05) is 0 Å². The van der Waals surface area contributed by atoms with Crippen molar-refractivity contribution in [1.29, 1.82) is 0 Å². The molecule has 0 aromatic rings. The van der Waals surface area contributed by atoms with Crippen LogP contribution in [0.1, 0.15) is 111 Å². The van der Waals surface area contributed by atoms with E-state index in [1.165, 1.54) is 0 Å². The summed E-state index contributed by atoms with van der Waals surface area (Å²) in [5.41, 5.74) is 0.927. The zero-order valence-corrected chi connectivity index (χ0v) is 21.1. The number of carbonyl (C=O) groups excluding carboxylic acids is 2. The Bertz CT molecular complexity index is 646. The fraction of sp³-hybridized carbons (Fsp3) is 0.857. The van der Waals surface area contributed by atoms with Gasteiger partial charge in [0.25, 0.3) is 0 Å². The van der Waals surface area contributed by atoms with Crippen molar-refractivity contribution in [1.82, 2.24) is 0 Å². The number of unbranched alkanes of at least 4 members (excludes halogenated alkanes) is 2. The number of ketones is 2. The molecule has 0 spiro atoms. The quantitative estimate of drug-likeness (QED) is 0.251. The zero-order valence-electron chi connectivity index (χ0n) is 21.1. The van der Waals surface area contributed by atoms with Gasteiger partial charge in [0.1, 0.15) is 5.78 Å². The lowest BCUT2D eigenvalue weighted by Gasteiger charge is -2.21. The number of aliphatic hydroxyl groups excluding tert-OH is 2. The molecule has 32 heavy (non-hydrogen) atoms. The van der Waals surface area contributed by atoms with Gasteiger partial charge in [0.15, 0.2) is 5.78 Å². The lowest BCUT2D eigenvalue weighted by atomic mass is 9.86. The van der Waals surface area contributed by atoms with Gasteiger partial charge in [0, 0.05) is 31.0 Å². The molecular formula is C28H48O4. The Hall–Kier alpha value is -1.00. The molecule has 0 saturated heterocycles. The van der Waals surface area contributed by atoms with Crippen LogP contribution in [0.3, 0.4) is 0 Å². The molecule has 2 rings (SSSR count). The SMILES string of the molecule is CC(C)(CO)CCCCC1CCC(=CCC2CCC(CCCCC(C)(C)CO)C2=O)C1=O. The Balaban J connectivity index is 1.69. The van der Waals surface area contributed by atoms with Crippen molar-refractivity contribution < 1.29 is 19.8 Å². The fourth-order valence-corrected chi connectivity index (χ4v) is 5.30. The number of hydrogen-bond acceptors (Lipinski definition) is 4. The average Bonchev–Trinajstić information content (AvgIpc) is 3.29. The summed E-state index contributed by atoms with van der Waals surface area (Å²) in [6.07, 6.45) is 14.8. The van der Waals surface area contributed by atoms with Crippen molar-refractivity contribution in [2.75, 3.05) is 13.2 Å². The second kappa shape index (κ2) is 12.5. The predicted octanol–water partition coefficient (Wildman–Crippen LogP) is 6.04. The third-order valence-corrected chi connectivity index (χ3v) is 7.93. The fourth-order valence-electron chi connectivity index (χ4n) is 5.30. The van der Waals surface area contributed by atoms with E-state index in [4.69, 9.17) is 0 Å². The molecule has 4 nitrogen and oxygen atoms in total. The highest BCUT2D eigenvalue weighted by molar-refractivity contribution is 5.99. The predicted molar refractivity (Wildman–Crippen MR) is 130 cm³/mol. The number of rotatable bonds is 14. The smallest absolute Gasteiger partial charge is 0.161 e. The van der Waals surface area contributed by atoms with Crippen molar-refractivity contribution >= 4 is 11.6 Å². The third-order valence-electron chi connectivity index (χ3n) is 7.93. The third kappa shape index (κ3) is 8.41. The van der Waals surface area contributed by atoms with Crippen molar-refractivity contribution in [3.05, 3.63) is 11.6 Å². The van der Waals surface area contributed by atoms with Crippen molar-refractivity contribution in [2.45, 2.75) is 111 Å². The van der Waals surface area contributed by atoms with E-state index in [0.717, 1.165) is 89.0 Å². The summed E-state index contributed by atoms with van der Waals surface area (Å²) in [5, 5.41) is 18.7. The maximum absolute atomic E-state index is 12.8. The molecule has 2 aliphatic rings. The maximum atomic E-state index is 12.8. The molecule has 0 aromatic heterocycles. The monoisotopic (exact) mass is 448 g/mol. The normalized spacial score (nSPS) is 25.9. The lowest BCUT2D eigenvalue weighted by Crippen LogP contribution is -2.17. The Morgan fingerprint density at radius 3 is 1.88 bits per heavy atom. The molecule has 0 aromatic carbocycles. The molecule has 0 heterocycles. The Morgan fingerprint density at radius 2 is 1.31 bits per heavy atom.